The summed E-state index contributed by atoms with van der Waals surface area (Å²) in [6.45, 7) is 2.10. The Morgan fingerprint density at radius 1 is 1.22 bits per heavy atom. The molecule has 0 radical (unpaired) electrons. The minimum atomic E-state index is -0.0677. The van der Waals surface area contributed by atoms with E-state index in [-0.39, 0.29) is 17.7 Å². The van der Waals surface area contributed by atoms with Crippen LogP contribution in [0.5, 0.6) is 0 Å². The number of nitrogens with one attached hydrogen (secondary N) is 1. The molecule has 0 bridgehead atoms. The van der Waals surface area contributed by atoms with Crippen molar-refractivity contribution in [2.45, 2.75) is 31.0 Å². The van der Waals surface area contributed by atoms with Crippen LogP contribution in [0.2, 0.25) is 0 Å². The van der Waals surface area contributed by atoms with Crippen molar-refractivity contribution >= 4 is 29.3 Å². The molecule has 2 rings (SSSR count). The first kappa shape index (κ1) is 17.1. The molecular weight excluding hydrogens is 310 g/mol. The topological polar surface area (TPSA) is 107 Å². The second-order valence-electron chi connectivity index (χ2n) is 5.11. The Kier molecular flexibility index (Phi) is 6.22. The van der Waals surface area contributed by atoms with Gasteiger partial charge in [0.25, 0.3) is 0 Å². The number of aromatic nitrogens is 2. The highest BCUT2D eigenvalue weighted by atomic mass is 32.2. The standard InChI is InChI=1S/C16H21N5OS/c1-2-6-12(11-7-4-3-5-8-11)19-15(22)10-23-16-20-13(17)9-14(18)21-16/h3-5,7-9,12H,2,6,10H2,1H3,(H,19,22)(H4,17,18,20,21). The lowest BCUT2D eigenvalue weighted by Crippen LogP contribution is -2.30. The first-order chi connectivity index (χ1) is 11.1. The first-order valence-corrected chi connectivity index (χ1v) is 8.44. The van der Waals surface area contributed by atoms with Crippen molar-refractivity contribution in [2.24, 2.45) is 0 Å². The average Bonchev–Trinajstić information content (AvgIpc) is 2.52. The highest BCUT2D eigenvalue weighted by Crippen LogP contribution is 2.20. The maximum atomic E-state index is 12.2. The van der Waals surface area contributed by atoms with Crippen molar-refractivity contribution in [3.63, 3.8) is 0 Å². The zero-order chi connectivity index (χ0) is 16.7. The fourth-order valence-corrected chi connectivity index (χ4v) is 2.87. The Balaban J connectivity index is 1.94. The summed E-state index contributed by atoms with van der Waals surface area (Å²) in [4.78, 5) is 20.3. The van der Waals surface area contributed by atoms with Gasteiger partial charge in [-0.1, -0.05) is 55.4 Å². The number of amides is 1. The second kappa shape index (κ2) is 8.38. The van der Waals surface area contributed by atoms with Gasteiger partial charge in [-0.25, -0.2) is 9.97 Å². The number of hydrogen-bond acceptors (Lipinski definition) is 6. The van der Waals surface area contributed by atoms with Gasteiger partial charge in [0, 0.05) is 6.07 Å². The molecule has 7 heteroatoms. The minimum absolute atomic E-state index is 0.0149. The summed E-state index contributed by atoms with van der Waals surface area (Å²) < 4.78 is 0. The molecule has 2 aromatic rings. The van der Waals surface area contributed by atoms with Gasteiger partial charge in [0.2, 0.25) is 5.91 Å². The number of carbonyl (C=O) groups is 1. The predicted octanol–water partition coefficient (Wildman–Crippen LogP) is 2.39. The third kappa shape index (κ3) is 5.45. The highest BCUT2D eigenvalue weighted by Gasteiger charge is 2.14. The first-order valence-electron chi connectivity index (χ1n) is 7.45. The van der Waals surface area contributed by atoms with Crippen LogP contribution in [-0.2, 0) is 4.79 Å². The normalized spacial score (nSPS) is 11.9. The van der Waals surface area contributed by atoms with Crippen molar-refractivity contribution in [3.05, 3.63) is 42.0 Å². The SMILES string of the molecule is CCCC(NC(=O)CSc1nc(N)cc(N)n1)c1ccccc1. The maximum Gasteiger partial charge on any atom is 0.230 e. The molecule has 0 fully saturated rings. The van der Waals surface area contributed by atoms with Gasteiger partial charge in [-0.05, 0) is 12.0 Å². The van der Waals surface area contributed by atoms with E-state index in [9.17, 15) is 4.79 Å². The van der Waals surface area contributed by atoms with E-state index < -0.39 is 0 Å². The Morgan fingerprint density at radius 2 is 1.87 bits per heavy atom. The van der Waals surface area contributed by atoms with E-state index in [0.29, 0.717) is 16.8 Å². The van der Waals surface area contributed by atoms with Crippen molar-refractivity contribution in [2.75, 3.05) is 17.2 Å². The Hall–Kier alpha value is -2.28. The van der Waals surface area contributed by atoms with Crippen LogP contribution >= 0.6 is 11.8 Å². The lowest BCUT2D eigenvalue weighted by atomic mass is 10.0. The van der Waals surface area contributed by atoms with Crippen molar-refractivity contribution in [3.8, 4) is 0 Å². The molecule has 0 aliphatic carbocycles. The summed E-state index contributed by atoms with van der Waals surface area (Å²) in [6.07, 6.45) is 1.88. The molecule has 5 N–H and O–H groups in total. The molecule has 0 saturated heterocycles. The summed E-state index contributed by atoms with van der Waals surface area (Å²) in [5.41, 5.74) is 12.3. The monoisotopic (exact) mass is 331 g/mol. The fraction of sp³-hybridized carbons (Fsp3) is 0.312. The summed E-state index contributed by atoms with van der Waals surface area (Å²) in [5.74, 6) is 0.750. The van der Waals surface area contributed by atoms with Crippen LogP contribution < -0.4 is 16.8 Å². The number of thioether (sulfide) groups is 1. The molecule has 1 heterocycles. The van der Waals surface area contributed by atoms with Crippen LogP contribution in [0, 0.1) is 0 Å². The van der Waals surface area contributed by atoms with Crippen LogP contribution in [0.25, 0.3) is 0 Å². The molecule has 122 valence electrons. The summed E-state index contributed by atoms with van der Waals surface area (Å²) in [7, 11) is 0. The van der Waals surface area contributed by atoms with E-state index in [1.54, 1.807) is 0 Å². The predicted molar refractivity (Wildman–Crippen MR) is 93.8 cm³/mol. The summed E-state index contributed by atoms with van der Waals surface area (Å²) in [5, 5.41) is 3.46. The second-order valence-corrected chi connectivity index (χ2v) is 6.05. The third-order valence-electron chi connectivity index (χ3n) is 3.19. The Morgan fingerprint density at radius 3 is 2.48 bits per heavy atom. The molecule has 0 aliphatic heterocycles. The number of benzene rings is 1. The molecule has 1 unspecified atom stereocenters. The molecule has 0 aliphatic rings. The molecule has 0 saturated carbocycles. The van der Waals surface area contributed by atoms with E-state index in [1.165, 1.54) is 17.8 Å². The summed E-state index contributed by atoms with van der Waals surface area (Å²) >= 11 is 1.22. The maximum absolute atomic E-state index is 12.2. The Labute approximate surface area is 140 Å². The van der Waals surface area contributed by atoms with Gasteiger partial charge in [0.15, 0.2) is 5.16 Å². The molecule has 1 aromatic heterocycles. The number of rotatable bonds is 7. The number of nitrogens with zero attached hydrogens (tertiary/aromatic N) is 2. The average molecular weight is 331 g/mol. The van der Waals surface area contributed by atoms with E-state index >= 15 is 0 Å². The van der Waals surface area contributed by atoms with Crippen LogP contribution in [-0.4, -0.2) is 21.6 Å². The molecular formula is C16H21N5OS. The number of hydrogen-bond donors (Lipinski definition) is 3. The van der Waals surface area contributed by atoms with E-state index in [2.05, 4.69) is 22.2 Å². The fourth-order valence-electron chi connectivity index (χ4n) is 2.19. The molecule has 1 amide bonds. The van der Waals surface area contributed by atoms with Gasteiger partial charge < -0.3 is 16.8 Å². The molecule has 6 nitrogen and oxygen atoms in total. The van der Waals surface area contributed by atoms with Crippen molar-refractivity contribution < 1.29 is 4.79 Å². The van der Waals surface area contributed by atoms with Crippen LogP contribution in [0.1, 0.15) is 31.4 Å². The molecule has 23 heavy (non-hydrogen) atoms. The van der Waals surface area contributed by atoms with Crippen molar-refractivity contribution in [1.82, 2.24) is 15.3 Å². The highest BCUT2D eigenvalue weighted by molar-refractivity contribution is 7.99. The van der Waals surface area contributed by atoms with Gasteiger partial charge in [-0.3, -0.25) is 4.79 Å². The zero-order valence-electron chi connectivity index (χ0n) is 13.0. The van der Waals surface area contributed by atoms with Gasteiger partial charge >= 0.3 is 0 Å². The number of nitrogens with two attached hydrogens (primary N) is 2. The van der Waals surface area contributed by atoms with Gasteiger partial charge in [-0.2, -0.15) is 0 Å². The lowest BCUT2D eigenvalue weighted by molar-refractivity contribution is -0.119. The third-order valence-corrected chi connectivity index (χ3v) is 4.04. The van der Waals surface area contributed by atoms with E-state index in [1.807, 2.05) is 30.3 Å². The largest absolute Gasteiger partial charge is 0.383 e. The summed E-state index contributed by atoms with van der Waals surface area (Å²) in [6, 6.07) is 11.5. The lowest BCUT2D eigenvalue weighted by Gasteiger charge is -2.18. The number of carbonyl (C=O) groups excluding carboxylic acids is 1. The van der Waals surface area contributed by atoms with Crippen LogP contribution in [0.3, 0.4) is 0 Å². The van der Waals surface area contributed by atoms with Crippen molar-refractivity contribution in [1.29, 1.82) is 0 Å². The van der Waals surface area contributed by atoms with Crippen LogP contribution in [0.4, 0.5) is 11.6 Å². The molecule has 1 aromatic carbocycles. The molecule has 0 spiro atoms. The number of nitrogen functional groups attached to an aromatic ring is 2. The van der Waals surface area contributed by atoms with Gasteiger partial charge in [0.1, 0.15) is 11.6 Å². The van der Waals surface area contributed by atoms with E-state index in [4.69, 9.17) is 11.5 Å². The quantitative estimate of drug-likeness (QED) is 0.531. The smallest absolute Gasteiger partial charge is 0.230 e. The van der Waals surface area contributed by atoms with Gasteiger partial charge in [-0.15, -0.1) is 0 Å². The number of anilines is 2. The van der Waals surface area contributed by atoms with E-state index in [0.717, 1.165) is 18.4 Å². The van der Waals surface area contributed by atoms with Gasteiger partial charge in [0.05, 0.1) is 11.8 Å². The molecule has 1 atom stereocenters. The van der Waals surface area contributed by atoms with Crippen LogP contribution in [0.15, 0.2) is 41.6 Å². The Bertz CT molecular complexity index is 630. The minimum Gasteiger partial charge on any atom is -0.383 e. The zero-order valence-corrected chi connectivity index (χ0v) is 13.8.